The molecular weight excluding hydrogens is 436 g/mol. The Morgan fingerprint density at radius 1 is 0.935 bits per heavy atom. The Bertz CT molecular complexity index is 933. The first-order chi connectivity index (χ1) is 14.6. The van der Waals surface area contributed by atoms with Gasteiger partial charge in [-0.25, -0.2) is 14.4 Å². The molecule has 5 nitrogen and oxygen atoms in total. The van der Waals surface area contributed by atoms with Gasteiger partial charge in [0.2, 0.25) is 0 Å². The summed E-state index contributed by atoms with van der Waals surface area (Å²) in [6.07, 6.45) is 13.6. The van der Waals surface area contributed by atoms with Crippen molar-refractivity contribution in [2.24, 2.45) is 0 Å². The molecule has 0 spiro atoms. The van der Waals surface area contributed by atoms with Crippen molar-refractivity contribution in [2.75, 3.05) is 0 Å². The van der Waals surface area contributed by atoms with Crippen LogP contribution in [0.25, 0.3) is 11.4 Å². The number of halogens is 4. The Kier molecular flexibility index (Phi) is 9.21. The van der Waals surface area contributed by atoms with Gasteiger partial charge in [0, 0.05) is 18.5 Å². The fourth-order valence-corrected chi connectivity index (χ4v) is 3.44. The van der Waals surface area contributed by atoms with Gasteiger partial charge in [-0.2, -0.15) is 21.6 Å². The van der Waals surface area contributed by atoms with E-state index >= 15 is 0 Å². The standard InChI is InChI=1S/C21H26F4N2O3S/c1-2-3-4-5-6-7-8-9-10-16-14-26-20(27-15-16)18-12-11-17(13-19(18)22)30-31(28,29)21(23,24)25/h11-15H,2-10H2,1H3. The van der Waals surface area contributed by atoms with E-state index in [1.807, 2.05) is 0 Å². The van der Waals surface area contributed by atoms with E-state index < -0.39 is 27.2 Å². The highest BCUT2D eigenvalue weighted by Crippen LogP contribution is 2.29. The van der Waals surface area contributed by atoms with E-state index in [4.69, 9.17) is 0 Å². The SMILES string of the molecule is CCCCCCCCCCc1cnc(-c2ccc(OS(=O)(=O)C(F)(F)F)cc2F)nc1. The van der Waals surface area contributed by atoms with E-state index in [0.717, 1.165) is 37.0 Å². The summed E-state index contributed by atoms with van der Waals surface area (Å²) in [5.74, 6) is -1.74. The Balaban J connectivity index is 1.90. The van der Waals surface area contributed by atoms with Crippen LogP contribution in [0.2, 0.25) is 0 Å². The van der Waals surface area contributed by atoms with E-state index in [2.05, 4.69) is 21.1 Å². The number of benzene rings is 1. The molecule has 31 heavy (non-hydrogen) atoms. The van der Waals surface area contributed by atoms with Crippen molar-refractivity contribution in [1.29, 1.82) is 0 Å². The normalized spacial score (nSPS) is 12.2. The Morgan fingerprint density at radius 3 is 2.06 bits per heavy atom. The molecule has 2 aromatic rings. The van der Waals surface area contributed by atoms with Crippen LogP contribution in [0.1, 0.15) is 63.9 Å². The van der Waals surface area contributed by atoms with E-state index in [1.54, 1.807) is 12.4 Å². The zero-order chi connectivity index (χ0) is 22.9. The van der Waals surface area contributed by atoms with Gasteiger partial charge in [-0.15, -0.1) is 0 Å². The summed E-state index contributed by atoms with van der Waals surface area (Å²) in [4.78, 5) is 8.22. The van der Waals surface area contributed by atoms with Gasteiger partial charge in [0.15, 0.2) is 5.82 Å². The maximum atomic E-state index is 14.3. The molecule has 0 bridgehead atoms. The summed E-state index contributed by atoms with van der Waals surface area (Å²) >= 11 is 0. The fourth-order valence-electron chi connectivity index (χ4n) is 2.99. The molecule has 1 aromatic carbocycles. The summed E-state index contributed by atoms with van der Waals surface area (Å²) < 4.78 is 77.3. The quantitative estimate of drug-likeness (QED) is 0.163. The maximum Gasteiger partial charge on any atom is 0.534 e. The van der Waals surface area contributed by atoms with Crippen LogP contribution >= 0.6 is 0 Å². The Labute approximate surface area is 180 Å². The minimum atomic E-state index is -5.87. The van der Waals surface area contributed by atoms with Crippen LogP contribution < -0.4 is 4.18 Å². The second-order valence-corrected chi connectivity index (χ2v) is 8.80. The Hall–Kier alpha value is -2.23. The van der Waals surface area contributed by atoms with Gasteiger partial charge in [0.05, 0.1) is 5.56 Å². The van der Waals surface area contributed by atoms with Crippen LogP contribution in [0.4, 0.5) is 17.6 Å². The number of nitrogens with zero attached hydrogens (tertiary/aromatic N) is 2. The molecule has 0 N–H and O–H groups in total. The highest BCUT2D eigenvalue weighted by Gasteiger charge is 2.48. The summed E-state index contributed by atoms with van der Waals surface area (Å²) in [5, 5.41) is 0. The van der Waals surface area contributed by atoms with Crippen molar-refractivity contribution in [3.63, 3.8) is 0 Å². The number of hydrogen-bond donors (Lipinski definition) is 0. The highest BCUT2D eigenvalue weighted by molar-refractivity contribution is 7.88. The maximum absolute atomic E-state index is 14.3. The smallest absolute Gasteiger partial charge is 0.376 e. The Morgan fingerprint density at radius 2 is 1.52 bits per heavy atom. The molecule has 0 aliphatic carbocycles. The van der Waals surface area contributed by atoms with Gasteiger partial charge in [0.25, 0.3) is 0 Å². The van der Waals surface area contributed by atoms with Gasteiger partial charge in [-0.1, -0.05) is 51.9 Å². The molecule has 0 saturated carbocycles. The van der Waals surface area contributed by atoms with Crippen molar-refractivity contribution in [3.8, 4) is 17.1 Å². The van der Waals surface area contributed by atoms with Gasteiger partial charge in [-0.3, -0.25) is 0 Å². The number of unbranched alkanes of at least 4 members (excludes halogenated alkanes) is 7. The monoisotopic (exact) mass is 462 g/mol. The van der Waals surface area contributed by atoms with Crippen molar-refractivity contribution < 1.29 is 30.2 Å². The topological polar surface area (TPSA) is 69.2 Å². The predicted molar refractivity (Wildman–Crippen MR) is 109 cm³/mol. The second kappa shape index (κ2) is 11.4. The third kappa shape index (κ3) is 7.75. The van der Waals surface area contributed by atoms with Crippen LogP contribution in [0.5, 0.6) is 5.75 Å². The molecule has 0 aliphatic rings. The van der Waals surface area contributed by atoms with E-state index in [9.17, 15) is 26.0 Å². The molecule has 0 amide bonds. The lowest BCUT2D eigenvalue weighted by atomic mass is 10.1. The van der Waals surface area contributed by atoms with Gasteiger partial charge in [0.1, 0.15) is 11.6 Å². The van der Waals surface area contributed by atoms with Gasteiger partial charge in [-0.05, 0) is 30.5 Å². The molecule has 172 valence electrons. The summed E-state index contributed by atoms with van der Waals surface area (Å²) in [6, 6.07) is 2.54. The zero-order valence-electron chi connectivity index (χ0n) is 17.3. The average molecular weight is 463 g/mol. The molecule has 2 rings (SSSR count). The minimum absolute atomic E-state index is 0.0439. The molecule has 0 aliphatic heterocycles. The highest BCUT2D eigenvalue weighted by atomic mass is 32.2. The lowest BCUT2D eigenvalue weighted by Crippen LogP contribution is -2.28. The van der Waals surface area contributed by atoms with Gasteiger partial charge >= 0.3 is 15.6 Å². The van der Waals surface area contributed by atoms with E-state index in [1.165, 1.54) is 38.5 Å². The third-order valence-electron chi connectivity index (χ3n) is 4.70. The first-order valence-corrected chi connectivity index (χ1v) is 11.7. The summed E-state index contributed by atoms with van der Waals surface area (Å²) in [7, 11) is -5.87. The zero-order valence-corrected chi connectivity index (χ0v) is 18.1. The van der Waals surface area contributed by atoms with Crippen LogP contribution in [-0.2, 0) is 16.5 Å². The largest absolute Gasteiger partial charge is 0.534 e. The minimum Gasteiger partial charge on any atom is -0.376 e. The fraction of sp³-hybridized carbons (Fsp3) is 0.524. The van der Waals surface area contributed by atoms with Crippen LogP contribution in [0.15, 0.2) is 30.6 Å². The summed E-state index contributed by atoms with van der Waals surface area (Å²) in [6.45, 7) is 2.19. The number of aromatic nitrogens is 2. The molecule has 0 atom stereocenters. The first-order valence-electron chi connectivity index (χ1n) is 10.3. The van der Waals surface area contributed by atoms with Crippen molar-refractivity contribution in [1.82, 2.24) is 9.97 Å². The van der Waals surface area contributed by atoms with E-state index in [-0.39, 0.29) is 11.4 Å². The van der Waals surface area contributed by atoms with Crippen LogP contribution in [0, 0.1) is 5.82 Å². The number of rotatable bonds is 12. The average Bonchev–Trinajstić information content (AvgIpc) is 2.70. The number of alkyl halides is 3. The molecule has 0 radical (unpaired) electrons. The number of hydrogen-bond acceptors (Lipinski definition) is 5. The van der Waals surface area contributed by atoms with Crippen molar-refractivity contribution in [3.05, 3.63) is 42.0 Å². The van der Waals surface area contributed by atoms with Crippen molar-refractivity contribution >= 4 is 10.1 Å². The second-order valence-electron chi connectivity index (χ2n) is 7.26. The lowest BCUT2D eigenvalue weighted by molar-refractivity contribution is -0.0500. The third-order valence-corrected chi connectivity index (χ3v) is 5.67. The molecular formula is C21H26F4N2O3S. The van der Waals surface area contributed by atoms with E-state index in [0.29, 0.717) is 6.07 Å². The molecule has 10 heteroatoms. The number of aryl methyl sites for hydroxylation is 1. The van der Waals surface area contributed by atoms with Crippen LogP contribution in [0.3, 0.4) is 0 Å². The summed E-state index contributed by atoms with van der Waals surface area (Å²) in [5.41, 5.74) is -4.77. The van der Waals surface area contributed by atoms with Crippen molar-refractivity contribution in [2.45, 2.75) is 70.2 Å². The molecule has 0 saturated heterocycles. The molecule has 1 aromatic heterocycles. The van der Waals surface area contributed by atoms with Crippen LogP contribution in [-0.4, -0.2) is 23.9 Å². The molecule has 1 heterocycles. The van der Waals surface area contributed by atoms with Gasteiger partial charge < -0.3 is 4.18 Å². The lowest BCUT2D eigenvalue weighted by Gasteiger charge is -2.10. The molecule has 0 unspecified atom stereocenters. The predicted octanol–water partition coefficient (Wildman–Crippen LogP) is 6.19. The first kappa shape index (κ1) is 25.0. The molecule has 0 fully saturated rings.